The number of aromatic nitrogens is 2. The van der Waals surface area contributed by atoms with E-state index in [4.69, 9.17) is 0 Å². The van der Waals surface area contributed by atoms with E-state index in [1.165, 1.54) is 37.7 Å². The Labute approximate surface area is 105 Å². The summed E-state index contributed by atoms with van der Waals surface area (Å²) in [7, 11) is 0. The van der Waals surface area contributed by atoms with E-state index < -0.39 is 0 Å². The molecule has 2 atom stereocenters. The van der Waals surface area contributed by atoms with Gasteiger partial charge in [0.05, 0.1) is 12.7 Å². The minimum absolute atomic E-state index is 0.741. The van der Waals surface area contributed by atoms with Crippen molar-refractivity contribution in [2.45, 2.75) is 58.5 Å². The zero-order valence-electron chi connectivity index (χ0n) is 11.2. The molecule has 0 amide bonds. The third-order valence-corrected chi connectivity index (χ3v) is 3.90. The first-order valence-electron chi connectivity index (χ1n) is 7.00. The Hall–Kier alpha value is -0.830. The van der Waals surface area contributed by atoms with E-state index >= 15 is 0 Å². The summed E-state index contributed by atoms with van der Waals surface area (Å²) in [5.41, 5.74) is 1.24. The highest BCUT2D eigenvalue weighted by Gasteiger charge is 2.19. The molecule has 17 heavy (non-hydrogen) atoms. The number of nitrogens with zero attached hydrogens (tertiary/aromatic N) is 2. The number of rotatable bonds is 5. The molecule has 2 unspecified atom stereocenters. The number of nitrogens with one attached hydrogen (secondary N) is 1. The van der Waals surface area contributed by atoms with E-state index in [2.05, 4.69) is 30.5 Å². The predicted octanol–water partition coefficient (Wildman–Crippen LogP) is 2.75. The highest BCUT2D eigenvalue weighted by molar-refractivity contribution is 4.99. The van der Waals surface area contributed by atoms with Gasteiger partial charge in [-0.1, -0.05) is 26.2 Å². The Morgan fingerprint density at radius 3 is 3.06 bits per heavy atom. The molecule has 1 N–H and O–H groups in total. The molecular weight excluding hydrogens is 210 g/mol. The lowest BCUT2D eigenvalue weighted by molar-refractivity contribution is 0.276. The van der Waals surface area contributed by atoms with Gasteiger partial charge in [0.25, 0.3) is 0 Å². The average molecular weight is 235 g/mol. The molecule has 0 aliphatic heterocycles. The molecule has 3 heteroatoms. The van der Waals surface area contributed by atoms with Crippen LogP contribution in [0.15, 0.2) is 12.4 Å². The summed E-state index contributed by atoms with van der Waals surface area (Å²) in [5, 5.41) is 7.99. The lowest BCUT2D eigenvalue weighted by Gasteiger charge is -2.29. The van der Waals surface area contributed by atoms with Crippen molar-refractivity contribution in [3.05, 3.63) is 18.0 Å². The fourth-order valence-corrected chi connectivity index (χ4v) is 2.82. The van der Waals surface area contributed by atoms with Gasteiger partial charge in [0.15, 0.2) is 0 Å². The van der Waals surface area contributed by atoms with Crippen molar-refractivity contribution in [2.24, 2.45) is 5.92 Å². The number of aryl methyl sites for hydroxylation is 1. The molecule has 96 valence electrons. The molecule has 1 aromatic heterocycles. The molecule has 0 bridgehead atoms. The van der Waals surface area contributed by atoms with Crippen LogP contribution < -0.4 is 5.32 Å². The lowest BCUT2D eigenvalue weighted by Crippen LogP contribution is -2.36. The smallest absolute Gasteiger partial charge is 0.0534 e. The highest BCUT2D eigenvalue weighted by atomic mass is 15.3. The van der Waals surface area contributed by atoms with Crippen LogP contribution in [0.4, 0.5) is 0 Å². The summed E-state index contributed by atoms with van der Waals surface area (Å²) in [6, 6.07) is 0.741. The molecule has 0 radical (unpaired) electrons. The summed E-state index contributed by atoms with van der Waals surface area (Å²) in [5.74, 6) is 0.952. The molecule has 3 nitrogen and oxygen atoms in total. The molecule has 0 saturated heterocycles. The van der Waals surface area contributed by atoms with Crippen LogP contribution in [-0.2, 0) is 6.54 Å². The van der Waals surface area contributed by atoms with Crippen molar-refractivity contribution in [1.29, 1.82) is 0 Å². The van der Waals surface area contributed by atoms with Gasteiger partial charge in [-0.3, -0.25) is 4.68 Å². The monoisotopic (exact) mass is 235 g/mol. The Morgan fingerprint density at radius 2 is 2.35 bits per heavy atom. The van der Waals surface area contributed by atoms with Crippen molar-refractivity contribution in [1.82, 2.24) is 15.1 Å². The molecule has 1 heterocycles. The van der Waals surface area contributed by atoms with Crippen molar-refractivity contribution < 1.29 is 0 Å². The average Bonchev–Trinajstić information content (AvgIpc) is 2.75. The fourth-order valence-electron chi connectivity index (χ4n) is 2.82. The van der Waals surface area contributed by atoms with Crippen LogP contribution in [0.2, 0.25) is 0 Å². The van der Waals surface area contributed by atoms with Crippen LogP contribution in [0.1, 0.15) is 44.6 Å². The lowest BCUT2D eigenvalue weighted by atomic mass is 9.84. The van der Waals surface area contributed by atoms with Crippen LogP contribution in [0.25, 0.3) is 0 Å². The second-order valence-corrected chi connectivity index (χ2v) is 5.37. The van der Waals surface area contributed by atoms with E-state index in [9.17, 15) is 0 Å². The minimum atomic E-state index is 0.741. The van der Waals surface area contributed by atoms with Crippen LogP contribution in [0.3, 0.4) is 0 Å². The van der Waals surface area contributed by atoms with E-state index in [-0.39, 0.29) is 0 Å². The molecule has 2 rings (SSSR count). The molecule has 1 aliphatic carbocycles. The Morgan fingerprint density at radius 1 is 1.47 bits per heavy atom. The van der Waals surface area contributed by atoms with Crippen LogP contribution in [-0.4, -0.2) is 22.4 Å². The zero-order chi connectivity index (χ0) is 12.1. The van der Waals surface area contributed by atoms with Crippen LogP contribution in [0, 0.1) is 12.8 Å². The van der Waals surface area contributed by atoms with Gasteiger partial charge in [0.2, 0.25) is 0 Å². The molecular formula is C14H25N3. The van der Waals surface area contributed by atoms with E-state index in [0.29, 0.717) is 0 Å². The van der Waals surface area contributed by atoms with Crippen LogP contribution in [0.5, 0.6) is 0 Å². The molecule has 1 aromatic rings. The SMILES string of the molecule is CCC1CCCC(NCCn2cc(C)cn2)C1. The van der Waals surface area contributed by atoms with Gasteiger partial charge >= 0.3 is 0 Å². The Bertz CT molecular complexity index is 332. The third kappa shape index (κ3) is 3.84. The second kappa shape index (κ2) is 6.20. The molecule has 0 spiro atoms. The first-order valence-corrected chi connectivity index (χ1v) is 7.00. The largest absolute Gasteiger partial charge is 0.312 e. The maximum Gasteiger partial charge on any atom is 0.0534 e. The molecule has 1 saturated carbocycles. The van der Waals surface area contributed by atoms with Crippen molar-refractivity contribution in [2.75, 3.05) is 6.54 Å². The van der Waals surface area contributed by atoms with Gasteiger partial charge in [-0.15, -0.1) is 0 Å². The first kappa shape index (κ1) is 12.6. The molecule has 1 fully saturated rings. The molecule has 1 aliphatic rings. The van der Waals surface area contributed by atoms with Gasteiger partial charge in [-0.2, -0.15) is 5.10 Å². The summed E-state index contributed by atoms with van der Waals surface area (Å²) >= 11 is 0. The number of hydrogen-bond acceptors (Lipinski definition) is 2. The van der Waals surface area contributed by atoms with Crippen molar-refractivity contribution in [3.8, 4) is 0 Å². The predicted molar refractivity (Wildman–Crippen MR) is 71.0 cm³/mol. The van der Waals surface area contributed by atoms with Gasteiger partial charge in [0.1, 0.15) is 0 Å². The topological polar surface area (TPSA) is 29.9 Å². The van der Waals surface area contributed by atoms with Gasteiger partial charge < -0.3 is 5.32 Å². The van der Waals surface area contributed by atoms with Crippen molar-refractivity contribution >= 4 is 0 Å². The summed E-state index contributed by atoms with van der Waals surface area (Å²) in [4.78, 5) is 0. The standard InChI is InChI=1S/C14H25N3/c1-3-13-5-4-6-14(9-13)15-7-8-17-11-12(2)10-16-17/h10-11,13-15H,3-9H2,1-2H3. The van der Waals surface area contributed by atoms with E-state index in [1.807, 2.05) is 10.9 Å². The maximum atomic E-state index is 4.31. The van der Waals surface area contributed by atoms with E-state index in [1.54, 1.807) is 0 Å². The van der Waals surface area contributed by atoms with Gasteiger partial charge in [0, 0.05) is 18.8 Å². The Balaban J connectivity index is 1.68. The van der Waals surface area contributed by atoms with Gasteiger partial charge in [-0.25, -0.2) is 0 Å². The quantitative estimate of drug-likeness (QED) is 0.850. The number of hydrogen-bond donors (Lipinski definition) is 1. The Kier molecular flexibility index (Phi) is 4.60. The summed E-state index contributed by atoms with van der Waals surface area (Å²) < 4.78 is 2.03. The second-order valence-electron chi connectivity index (χ2n) is 5.37. The zero-order valence-corrected chi connectivity index (χ0v) is 11.2. The van der Waals surface area contributed by atoms with Crippen molar-refractivity contribution in [3.63, 3.8) is 0 Å². The normalized spacial score (nSPS) is 25.1. The third-order valence-electron chi connectivity index (χ3n) is 3.90. The van der Waals surface area contributed by atoms with Gasteiger partial charge in [-0.05, 0) is 31.2 Å². The summed E-state index contributed by atoms with van der Waals surface area (Å²) in [6.07, 6.45) is 10.9. The molecule has 0 aromatic carbocycles. The van der Waals surface area contributed by atoms with E-state index in [0.717, 1.165) is 25.0 Å². The fraction of sp³-hybridized carbons (Fsp3) is 0.786. The highest BCUT2D eigenvalue weighted by Crippen LogP contribution is 2.26. The maximum absolute atomic E-state index is 4.31. The van der Waals surface area contributed by atoms with Crippen LogP contribution >= 0.6 is 0 Å². The first-order chi connectivity index (χ1) is 8.28. The summed E-state index contributed by atoms with van der Waals surface area (Å²) in [6.45, 7) is 6.44. The minimum Gasteiger partial charge on any atom is -0.312 e.